The van der Waals surface area contributed by atoms with E-state index in [-0.39, 0.29) is 0 Å². The summed E-state index contributed by atoms with van der Waals surface area (Å²) < 4.78 is 15.5. The summed E-state index contributed by atoms with van der Waals surface area (Å²) in [4.78, 5) is 2.37. The third kappa shape index (κ3) is 5.20. The lowest BCUT2D eigenvalue weighted by Gasteiger charge is -2.27. The molecule has 0 spiro atoms. The third-order valence-corrected chi connectivity index (χ3v) is 12.6. The van der Waals surface area contributed by atoms with Gasteiger partial charge < -0.3 is 18.3 Å². The molecule has 0 radical (unpaired) electrons. The molecule has 290 valence electrons. The molecule has 0 N–H and O–H groups in total. The summed E-state index contributed by atoms with van der Waals surface area (Å²) in [6, 6.07) is 77.9. The number of para-hydroxylation sites is 4. The molecular formula is C58H36N2O2. The minimum Gasteiger partial charge on any atom is -0.456 e. The van der Waals surface area contributed by atoms with E-state index >= 15 is 0 Å². The van der Waals surface area contributed by atoms with Crippen LogP contribution >= 0.6 is 0 Å². The van der Waals surface area contributed by atoms with E-state index in [4.69, 9.17) is 8.83 Å². The monoisotopic (exact) mass is 792 g/mol. The first-order chi connectivity index (χ1) is 30.8. The van der Waals surface area contributed by atoms with Crippen LogP contribution in [0.3, 0.4) is 0 Å². The normalized spacial score (nSPS) is 11.9. The summed E-state index contributed by atoms with van der Waals surface area (Å²) >= 11 is 0. The molecule has 0 saturated heterocycles. The van der Waals surface area contributed by atoms with Crippen molar-refractivity contribution in [2.45, 2.75) is 0 Å². The number of furan rings is 2. The second-order valence-electron chi connectivity index (χ2n) is 16.0. The Balaban J connectivity index is 0.992. The van der Waals surface area contributed by atoms with E-state index in [2.05, 4.69) is 216 Å². The SMILES string of the molecule is c1cc(-c2cccc3oc4c5ccccc5ccc4c23)cc(N(c2ccc(-c3ccccc3-n3c4ccccc4c4ccccc43)cc2)c2cccc3oc4ccccc4c23)c1. The Bertz CT molecular complexity index is 3830. The minimum absolute atomic E-state index is 0.850. The number of nitrogens with zero attached hydrogens (tertiary/aromatic N) is 2. The molecule has 0 amide bonds. The van der Waals surface area contributed by atoms with Crippen molar-refractivity contribution in [3.05, 3.63) is 218 Å². The zero-order valence-corrected chi connectivity index (χ0v) is 33.5. The van der Waals surface area contributed by atoms with Gasteiger partial charge in [0.05, 0.1) is 27.8 Å². The average molecular weight is 793 g/mol. The zero-order chi connectivity index (χ0) is 40.7. The summed E-state index contributed by atoms with van der Waals surface area (Å²) in [6.45, 7) is 0. The van der Waals surface area contributed by atoms with Crippen molar-refractivity contribution in [2.24, 2.45) is 0 Å². The van der Waals surface area contributed by atoms with Crippen molar-refractivity contribution in [1.29, 1.82) is 0 Å². The van der Waals surface area contributed by atoms with Gasteiger partial charge in [0.1, 0.15) is 22.3 Å². The summed E-state index contributed by atoms with van der Waals surface area (Å²) in [5.41, 5.74) is 14.7. The number of aromatic nitrogens is 1. The molecule has 4 heteroatoms. The lowest BCUT2D eigenvalue weighted by molar-refractivity contribution is 0.669. The smallest absolute Gasteiger partial charge is 0.143 e. The Kier molecular flexibility index (Phi) is 7.57. The van der Waals surface area contributed by atoms with Crippen LogP contribution in [0.15, 0.2) is 227 Å². The summed E-state index contributed by atoms with van der Waals surface area (Å²) in [5.74, 6) is 0. The molecule has 0 fully saturated rings. The highest BCUT2D eigenvalue weighted by molar-refractivity contribution is 6.19. The predicted octanol–water partition coefficient (Wildman–Crippen LogP) is 16.5. The molecule has 13 aromatic rings. The van der Waals surface area contributed by atoms with E-state index in [1.807, 2.05) is 12.1 Å². The van der Waals surface area contributed by atoms with Crippen LogP contribution in [-0.4, -0.2) is 4.57 Å². The van der Waals surface area contributed by atoms with Gasteiger partial charge in [-0.2, -0.15) is 0 Å². The van der Waals surface area contributed by atoms with Crippen molar-refractivity contribution in [3.63, 3.8) is 0 Å². The van der Waals surface area contributed by atoms with Crippen molar-refractivity contribution in [1.82, 2.24) is 4.57 Å². The van der Waals surface area contributed by atoms with Crippen molar-refractivity contribution >= 4 is 93.5 Å². The quantitative estimate of drug-likeness (QED) is 0.168. The zero-order valence-electron chi connectivity index (χ0n) is 33.5. The van der Waals surface area contributed by atoms with Crippen LogP contribution in [-0.2, 0) is 0 Å². The number of fused-ring (bicyclic) bond motifs is 11. The number of hydrogen-bond acceptors (Lipinski definition) is 3. The first-order valence-electron chi connectivity index (χ1n) is 21.1. The van der Waals surface area contributed by atoms with Crippen molar-refractivity contribution < 1.29 is 8.83 Å². The number of benzene rings is 10. The first kappa shape index (κ1) is 34.5. The maximum absolute atomic E-state index is 6.62. The second kappa shape index (κ2) is 13.6. The van der Waals surface area contributed by atoms with Crippen molar-refractivity contribution in [2.75, 3.05) is 4.90 Å². The molecule has 13 rings (SSSR count). The third-order valence-electron chi connectivity index (χ3n) is 12.6. The van der Waals surface area contributed by atoms with Gasteiger partial charge in [-0.15, -0.1) is 0 Å². The Morgan fingerprint density at radius 3 is 1.81 bits per heavy atom. The van der Waals surface area contributed by atoms with Gasteiger partial charge in [0.25, 0.3) is 0 Å². The van der Waals surface area contributed by atoms with Gasteiger partial charge in [-0.3, -0.25) is 0 Å². The molecule has 0 aliphatic carbocycles. The molecule has 3 aromatic heterocycles. The molecule has 0 atom stereocenters. The number of hydrogen-bond donors (Lipinski definition) is 0. The highest BCUT2D eigenvalue weighted by atomic mass is 16.3. The average Bonchev–Trinajstić information content (AvgIpc) is 4.02. The maximum Gasteiger partial charge on any atom is 0.143 e. The molecule has 62 heavy (non-hydrogen) atoms. The molecule has 10 aromatic carbocycles. The molecule has 0 bridgehead atoms. The summed E-state index contributed by atoms with van der Waals surface area (Å²) in [5, 5.41) is 9.17. The summed E-state index contributed by atoms with van der Waals surface area (Å²) in [6.07, 6.45) is 0. The molecule has 3 heterocycles. The highest BCUT2D eigenvalue weighted by Gasteiger charge is 2.22. The first-order valence-corrected chi connectivity index (χ1v) is 21.1. The number of rotatable bonds is 6. The lowest BCUT2D eigenvalue weighted by Crippen LogP contribution is -2.10. The molecule has 0 saturated carbocycles. The Labute approximate surface area is 356 Å². The van der Waals surface area contributed by atoms with E-state index in [0.717, 1.165) is 94.3 Å². The largest absolute Gasteiger partial charge is 0.456 e. The maximum atomic E-state index is 6.62. The summed E-state index contributed by atoms with van der Waals surface area (Å²) in [7, 11) is 0. The van der Waals surface area contributed by atoms with Crippen LogP contribution in [0.2, 0.25) is 0 Å². The van der Waals surface area contributed by atoms with Gasteiger partial charge in [-0.05, 0) is 94.9 Å². The van der Waals surface area contributed by atoms with Crippen LogP contribution in [0.4, 0.5) is 17.1 Å². The Hall–Kier alpha value is -8.34. The van der Waals surface area contributed by atoms with Gasteiger partial charge in [-0.1, -0.05) is 146 Å². The highest BCUT2D eigenvalue weighted by Crippen LogP contribution is 2.46. The van der Waals surface area contributed by atoms with Gasteiger partial charge in [0.15, 0.2) is 0 Å². The minimum atomic E-state index is 0.850. The fourth-order valence-electron chi connectivity index (χ4n) is 9.86. The Morgan fingerprint density at radius 2 is 0.984 bits per heavy atom. The van der Waals surface area contributed by atoms with E-state index < -0.39 is 0 Å². The molecule has 0 aliphatic rings. The van der Waals surface area contributed by atoms with E-state index in [0.29, 0.717) is 0 Å². The second-order valence-corrected chi connectivity index (χ2v) is 16.0. The molecule has 0 aliphatic heterocycles. The van der Waals surface area contributed by atoms with Gasteiger partial charge >= 0.3 is 0 Å². The van der Waals surface area contributed by atoms with Crippen LogP contribution in [0.5, 0.6) is 0 Å². The van der Waals surface area contributed by atoms with Crippen LogP contribution in [0.1, 0.15) is 0 Å². The van der Waals surface area contributed by atoms with Gasteiger partial charge in [-0.25, -0.2) is 0 Å². The fraction of sp³-hybridized carbons (Fsp3) is 0. The van der Waals surface area contributed by atoms with E-state index in [9.17, 15) is 0 Å². The van der Waals surface area contributed by atoms with Crippen LogP contribution in [0, 0.1) is 0 Å². The van der Waals surface area contributed by atoms with Crippen LogP contribution in [0.25, 0.3) is 104 Å². The molecule has 4 nitrogen and oxygen atoms in total. The number of anilines is 3. The van der Waals surface area contributed by atoms with E-state index in [1.54, 1.807) is 0 Å². The van der Waals surface area contributed by atoms with Crippen molar-refractivity contribution in [3.8, 4) is 27.9 Å². The Morgan fingerprint density at radius 1 is 0.355 bits per heavy atom. The molecule has 0 unspecified atom stereocenters. The topological polar surface area (TPSA) is 34.5 Å². The fourth-order valence-corrected chi connectivity index (χ4v) is 9.86. The lowest BCUT2D eigenvalue weighted by atomic mass is 9.97. The van der Waals surface area contributed by atoms with Gasteiger partial charge in [0.2, 0.25) is 0 Å². The molecular weight excluding hydrogens is 757 g/mol. The predicted molar refractivity (Wildman–Crippen MR) is 258 cm³/mol. The standard InChI is InChI=1S/C58H36N2O2/c1-2-18-44-37(14-1)32-35-48-56-43(22-12-28-54(56)62-58(44)48)39-15-11-16-41(36-39)59(52-26-13-29-55-57(52)47-21-6-10-27-53(47)61-55)40-33-30-38(31-34-40)42-17-3-7-23-49(42)60-50-24-8-4-19-45(50)46-20-5-9-25-51(46)60/h1-36H. The van der Waals surface area contributed by atoms with E-state index in [1.165, 1.54) is 27.2 Å². The van der Waals surface area contributed by atoms with Crippen LogP contribution < -0.4 is 4.90 Å². The van der Waals surface area contributed by atoms with Gasteiger partial charge in [0, 0.05) is 49.3 Å².